The Labute approximate surface area is 100 Å². The van der Waals surface area contributed by atoms with Crippen molar-refractivity contribution in [2.45, 2.75) is 6.42 Å². The predicted molar refractivity (Wildman–Crippen MR) is 68.3 cm³/mol. The second-order valence-electron chi connectivity index (χ2n) is 4.14. The van der Waals surface area contributed by atoms with Crippen molar-refractivity contribution in [3.8, 4) is 0 Å². The Morgan fingerprint density at radius 3 is 2.59 bits per heavy atom. The summed E-state index contributed by atoms with van der Waals surface area (Å²) in [5.41, 5.74) is 1.16. The Morgan fingerprint density at radius 1 is 1.18 bits per heavy atom. The first-order valence-corrected chi connectivity index (χ1v) is 5.58. The molecule has 2 aromatic rings. The van der Waals surface area contributed by atoms with Gasteiger partial charge in [0.2, 0.25) is 0 Å². The topological polar surface area (TPSA) is 40.5 Å². The van der Waals surface area contributed by atoms with Gasteiger partial charge in [-0.15, -0.1) is 0 Å². The highest BCUT2D eigenvalue weighted by atomic mass is 16.4. The summed E-state index contributed by atoms with van der Waals surface area (Å²) in [7, 11) is 1.59. The number of hydrogen-bond acceptors (Lipinski definition) is 1. The molecule has 0 radical (unpaired) electrons. The van der Waals surface area contributed by atoms with E-state index >= 15 is 0 Å². The van der Waals surface area contributed by atoms with E-state index in [0.29, 0.717) is 6.54 Å². The second kappa shape index (κ2) is 4.87. The van der Waals surface area contributed by atoms with Crippen molar-refractivity contribution in [1.82, 2.24) is 4.90 Å². The van der Waals surface area contributed by atoms with Gasteiger partial charge in [0.25, 0.3) is 0 Å². The second-order valence-corrected chi connectivity index (χ2v) is 4.14. The summed E-state index contributed by atoms with van der Waals surface area (Å²) >= 11 is 0. The van der Waals surface area contributed by atoms with Gasteiger partial charge in [-0.1, -0.05) is 42.5 Å². The van der Waals surface area contributed by atoms with Crippen molar-refractivity contribution in [2.24, 2.45) is 0 Å². The number of benzene rings is 2. The molecule has 2 aromatic carbocycles. The molecule has 0 saturated carbocycles. The van der Waals surface area contributed by atoms with Crippen LogP contribution in [-0.4, -0.2) is 29.7 Å². The van der Waals surface area contributed by atoms with E-state index in [2.05, 4.69) is 30.3 Å². The molecule has 0 heterocycles. The molecule has 88 valence electrons. The van der Waals surface area contributed by atoms with Gasteiger partial charge in [0.15, 0.2) is 0 Å². The quantitative estimate of drug-likeness (QED) is 0.878. The highest BCUT2D eigenvalue weighted by Crippen LogP contribution is 2.16. The fraction of sp³-hybridized carbons (Fsp3) is 0.214. The highest BCUT2D eigenvalue weighted by molar-refractivity contribution is 5.83. The molecular weight excluding hydrogens is 214 g/mol. The van der Waals surface area contributed by atoms with Crippen molar-refractivity contribution in [1.29, 1.82) is 0 Å². The predicted octanol–water partition coefficient (Wildman–Crippen LogP) is 2.99. The van der Waals surface area contributed by atoms with Crippen LogP contribution in [0, 0.1) is 0 Å². The smallest absolute Gasteiger partial charge is 0.407 e. The number of amides is 1. The van der Waals surface area contributed by atoms with E-state index in [0.717, 1.165) is 12.0 Å². The van der Waals surface area contributed by atoms with Gasteiger partial charge in [-0.3, -0.25) is 0 Å². The molecule has 0 unspecified atom stereocenters. The van der Waals surface area contributed by atoms with Gasteiger partial charge in [0, 0.05) is 13.6 Å². The number of nitrogens with zero attached hydrogens (tertiary/aromatic N) is 1. The van der Waals surface area contributed by atoms with Crippen LogP contribution in [0.4, 0.5) is 4.79 Å². The standard InChI is InChI=1S/C14H15NO2/c1-15(14(16)17)9-8-11-6-7-12-4-2-3-5-13(12)10-11/h2-7,10H,8-9H2,1H3,(H,16,17). The van der Waals surface area contributed by atoms with Crippen LogP contribution in [0.3, 0.4) is 0 Å². The molecule has 0 atom stereocenters. The number of fused-ring (bicyclic) bond motifs is 1. The fourth-order valence-electron chi connectivity index (χ4n) is 1.79. The van der Waals surface area contributed by atoms with Crippen molar-refractivity contribution in [3.05, 3.63) is 48.0 Å². The van der Waals surface area contributed by atoms with E-state index in [1.165, 1.54) is 15.7 Å². The Kier molecular flexibility index (Phi) is 3.28. The Bertz CT molecular complexity index is 536. The Balaban J connectivity index is 2.12. The van der Waals surface area contributed by atoms with E-state index in [1.54, 1.807) is 7.05 Å². The molecule has 0 fully saturated rings. The Morgan fingerprint density at radius 2 is 1.88 bits per heavy atom. The number of likely N-dealkylation sites (N-methyl/N-ethyl adjacent to an activating group) is 1. The molecule has 17 heavy (non-hydrogen) atoms. The molecule has 0 spiro atoms. The summed E-state index contributed by atoms with van der Waals surface area (Å²) in [6.45, 7) is 0.522. The molecule has 0 saturated heterocycles. The zero-order valence-electron chi connectivity index (χ0n) is 9.76. The minimum Gasteiger partial charge on any atom is -0.465 e. The van der Waals surface area contributed by atoms with Gasteiger partial charge in [0.05, 0.1) is 0 Å². The lowest BCUT2D eigenvalue weighted by molar-refractivity contribution is 0.156. The number of carboxylic acid groups (broad SMARTS) is 1. The summed E-state index contributed by atoms with van der Waals surface area (Å²) in [5, 5.41) is 11.2. The number of hydrogen-bond donors (Lipinski definition) is 1. The maximum absolute atomic E-state index is 10.7. The summed E-state index contributed by atoms with van der Waals surface area (Å²) in [6, 6.07) is 14.4. The van der Waals surface area contributed by atoms with Gasteiger partial charge in [-0.2, -0.15) is 0 Å². The molecule has 0 aliphatic carbocycles. The van der Waals surface area contributed by atoms with E-state index in [4.69, 9.17) is 5.11 Å². The summed E-state index contributed by atoms with van der Waals surface area (Å²) < 4.78 is 0. The molecule has 1 amide bonds. The first-order chi connectivity index (χ1) is 8.16. The average Bonchev–Trinajstić information content (AvgIpc) is 2.35. The fourth-order valence-corrected chi connectivity index (χ4v) is 1.79. The zero-order valence-corrected chi connectivity index (χ0v) is 9.76. The van der Waals surface area contributed by atoms with Crippen LogP contribution in [-0.2, 0) is 6.42 Å². The Hall–Kier alpha value is -2.03. The first-order valence-electron chi connectivity index (χ1n) is 5.58. The van der Waals surface area contributed by atoms with Crippen LogP contribution < -0.4 is 0 Å². The summed E-state index contributed by atoms with van der Waals surface area (Å²) in [5.74, 6) is 0. The van der Waals surface area contributed by atoms with Gasteiger partial charge >= 0.3 is 6.09 Å². The number of carbonyl (C=O) groups is 1. The SMILES string of the molecule is CN(CCc1ccc2ccccc2c1)C(=O)O. The molecule has 1 N–H and O–H groups in total. The van der Waals surface area contributed by atoms with Crippen molar-refractivity contribution < 1.29 is 9.90 Å². The molecule has 0 aliphatic rings. The maximum atomic E-state index is 10.7. The van der Waals surface area contributed by atoms with Crippen LogP contribution in [0.15, 0.2) is 42.5 Å². The third-order valence-corrected chi connectivity index (χ3v) is 2.88. The number of rotatable bonds is 3. The minimum absolute atomic E-state index is 0.522. The molecule has 3 heteroatoms. The van der Waals surface area contributed by atoms with Crippen LogP contribution in [0.25, 0.3) is 10.8 Å². The maximum Gasteiger partial charge on any atom is 0.407 e. The van der Waals surface area contributed by atoms with Crippen LogP contribution in [0.2, 0.25) is 0 Å². The van der Waals surface area contributed by atoms with Crippen molar-refractivity contribution >= 4 is 16.9 Å². The normalized spacial score (nSPS) is 10.4. The van der Waals surface area contributed by atoms with Crippen LogP contribution >= 0.6 is 0 Å². The van der Waals surface area contributed by atoms with E-state index < -0.39 is 6.09 Å². The van der Waals surface area contributed by atoms with Gasteiger partial charge in [0.1, 0.15) is 0 Å². The van der Waals surface area contributed by atoms with E-state index in [9.17, 15) is 4.79 Å². The monoisotopic (exact) mass is 229 g/mol. The largest absolute Gasteiger partial charge is 0.465 e. The molecule has 3 nitrogen and oxygen atoms in total. The van der Waals surface area contributed by atoms with Crippen molar-refractivity contribution in [3.63, 3.8) is 0 Å². The van der Waals surface area contributed by atoms with Gasteiger partial charge < -0.3 is 10.0 Å². The van der Waals surface area contributed by atoms with Crippen LogP contribution in [0.1, 0.15) is 5.56 Å². The first kappa shape index (κ1) is 11.5. The van der Waals surface area contributed by atoms with Gasteiger partial charge in [-0.25, -0.2) is 4.79 Å². The molecule has 0 bridgehead atoms. The van der Waals surface area contributed by atoms with Crippen molar-refractivity contribution in [2.75, 3.05) is 13.6 Å². The third kappa shape index (κ3) is 2.75. The van der Waals surface area contributed by atoms with E-state index in [1.807, 2.05) is 12.1 Å². The lowest BCUT2D eigenvalue weighted by Gasteiger charge is -2.12. The lowest BCUT2D eigenvalue weighted by Crippen LogP contribution is -2.26. The van der Waals surface area contributed by atoms with E-state index in [-0.39, 0.29) is 0 Å². The minimum atomic E-state index is -0.884. The van der Waals surface area contributed by atoms with Crippen LogP contribution in [0.5, 0.6) is 0 Å². The zero-order chi connectivity index (χ0) is 12.3. The summed E-state index contributed by atoms with van der Waals surface area (Å²) in [6.07, 6.45) is -0.140. The van der Waals surface area contributed by atoms with Gasteiger partial charge in [-0.05, 0) is 22.8 Å². The average molecular weight is 229 g/mol. The molecule has 2 rings (SSSR count). The molecule has 0 aliphatic heterocycles. The highest BCUT2D eigenvalue weighted by Gasteiger charge is 2.05. The molecular formula is C14H15NO2. The summed E-state index contributed by atoms with van der Waals surface area (Å²) in [4.78, 5) is 12.0. The molecule has 0 aromatic heterocycles. The third-order valence-electron chi connectivity index (χ3n) is 2.88. The lowest BCUT2D eigenvalue weighted by atomic mass is 10.1.